The van der Waals surface area contributed by atoms with Gasteiger partial charge >= 0.3 is 0 Å². The predicted molar refractivity (Wildman–Crippen MR) is 157 cm³/mol. The van der Waals surface area contributed by atoms with Crippen LogP contribution >= 0.6 is 0 Å². The van der Waals surface area contributed by atoms with Crippen LogP contribution in [0.3, 0.4) is 0 Å². The fourth-order valence-electron chi connectivity index (χ4n) is 6.80. The largest absolute Gasteiger partial charge is 0.361 e. The van der Waals surface area contributed by atoms with Gasteiger partial charge in [0.1, 0.15) is 12.2 Å². The van der Waals surface area contributed by atoms with Crippen LogP contribution in [0.1, 0.15) is 42.7 Å². The van der Waals surface area contributed by atoms with Gasteiger partial charge in [-0.25, -0.2) is 0 Å². The standard InChI is InChI=1S/C35H29N3/c1-35(2)28-18-10-9-17-25(28)27-22-30(26(21-29(27)35)23-13-5-3-6-14-23)36-34-33(24-15-7-4-8-16-24)37-31-19-11-12-20-32(31)38(34)37/h3-22,33-34,36H,1-2H3. The smallest absolute Gasteiger partial charge is 0.146 e. The summed E-state index contributed by atoms with van der Waals surface area (Å²) in [6, 6.07) is 44.4. The first-order valence-electron chi connectivity index (χ1n) is 13.5. The lowest BCUT2D eigenvalue weighted by atomic mass is 9.81. The highest BCUT2D eigenvalue weighted by atomic mass is 15.6. The quantitative estimate of drug-likeness (QED) is 0.262. The van der Waals surface area contributed by atoms with Crippen molar-refractivity contribution in [2.45, 2.75) is 31.5 Å². The Morgan fingerprint density at radius 2 is 1.21 bits per heavy atom. The van der Waals surface area contributed by atoms with E-state index in [4.69, 9.17) is 0 Å². The van der Waals surface area contributed by atoms with E-state index in [9.17, 15) is 0 Å². The molecule has 0 saturated carbocycles. The van der Waals surface area contributed by atoms with Crippen LogP contribution in [0.2, 0.25) is 0 Å². The van der Waals surface area contributed by atoms with Gasteiger partial charge in [0.2, 0.25) is 0 Å². The third-order valence-corrected chi connectivity index (χ3v) is 8.68. The van der Waals surface area contributed by atoms with E-state index in [0.29, 0.717) is 0 Å². The van der Waals surface area contributed by atoms with Crippen molar-refractivity contribution < 1.29 is 0 Å². The van der Waals surface area contributed by atoms with Crippen molar-refractivity contribution in [3.05, 3.63) is 138 Å². The lowest BCUT2D eigenvalue weighted by Gasteiger charge is -2.50. The number of hydrogen-bond donors (Lipinski definition) is 1. The van der Waals surface area contributed by atoms with Gasteiger partial charge in [-0.2, -0.15) is 0 Å². The maximum absolute atomic E-state index is 4.04. The van der Waals surface area contributed by atoms with Crippen molar-refractivity contribution in [1.82, 2.24) is 9.36 Å². The highest BCUT2D eigenvalue weighted by Crippen LogP contribution is 2.53. The van der Waals surface area contributed by atoms with Crippen LogP contribution in [-0.4, -0.2) is 9.36 Å². The van der Waals surface area contributed by atoms with Crippen LogP contribution in [-0.2, 0) is 5.41 Å². The fraction of sp³-hybridized carbons (Fsp3) is 0.143. The van der Waals surface area contributed by atoms with Crippen LogP contribution < -0.4 is 5.32 Å². The average Bonchev–Trinajstić information content (AvgIpc) is 3.17. The summed E-state index contributed by atoms with van der Waals surface area (Å²) in [6.45, 7) is 4.71. The molecular weight excluding hydrogens is 462 g/mol. The molecule has 1 aromatic heterocycles. The summed E-state index contributed by atoms with van der Waals surface area (Å²) in [5.41, 5.74) is 13.0. The van der Waals surface area contributed by atoms with E-state index in [2.05, 4.69) is 150 Å². The van der Waals surface area contributed by atoms with E-state index in [1.54, 1.807) is 0 Å². The second kappa shape index (κ2) is 7.75. The number of para-hydroxylation sites is 2. The highest BCUT2D eigenvalue weighted by Gasteiger charge is 2.43. The van der Waals surface area contributed by atoms with Gasteiger partial charge in [0.15, 0.2) is 0 Å². The summed E-state index contributed by atoms with van der Waals surface area (Å²) < 4.78 is 4.84. The molecule has 38 heavy (non-hydrogen) atoms. The molecule has 0 amide bonds. The Hall–Kier alpha value is -4.50. The Bertz CT molecular complexity index is 1820. The Balaban J connectivity index is 1.32. The van der Waals surface area contributed by atoms with Crippen molar-refractivity contribution >= 4 is 16.7 Å². The second-order valence-corrected chi connectivity index (χ2v) is 11.1. The number of rotatable bonds is 4. The molecule has 2 unspecified atom stereocenters. The van der Waals surface area contributed by atoms with E-state index in [1.807, 2.05) is 0 Å². The van der Waals surface area contributed by atoms with Gasteiger partial charge in [-0.05, 0) is 57.6 Å². The summed E-state index contributed by atoms with van der Waals surface area (Å²) >= 11 is 0. The predicted octanol–water partition coefficient (Wildman–Crippen LogP) is 8.63. The molecular formula is C35H29N3. The Morgan fingerprint density at radius 3 is 1.97 bits per heavy atom. The van der Waals surface area contributed by atoms with Gasteiger partial charge in [-0.3, -0.25) is 9.36 Å². The van der Waals surface area contributed by atoms with Crippen LogP contribution in [0.5, 0.6) is 0 Å². The van der Waals surface area contributed by atoms with Gasteiger partial charge in [-0.15, -0.1) is 0 Å². The Labute approximate surface area is 223 Å². The van der Waals surface area contributed by atoms with Crippen molar-refractivity contribution in [2.24, 2.45) is 0 Å². The van der Waals surface area contributed by atoms with Gasteiger partial charge in [-0.1, -0.05) is 111 Å². The number of nitrogens with one attached hydrogen (secondary N) is 1. The van der Waals surface area contributed by atoms with E-state index in [-0.39, 0.29) is 17.6 Å². The summed E-state index contributed by atoms with van der Waals surface area (Å²) in [6.07, 6.45) is 0.123. The van der Waals surface area contributed by atoms with E-state index in [1.165, 1.54) is 55.7 Å². The topological polar surface area (TPSA) is 21.9 Å². The summed E-state index contributed by atoms with van der Waals surface area (Å²) in [7, 11) is 0. The Morgan fingerprint density at radius 1 is 0.579 bits per heavy atom. The first-order chi connectivity index (χ1) is 18.6. The molecule has 8 rings (SSSR count). The van der Waals surface area contributed by atoms with Gasteiger partial charge in [0, 0.05) is 16.7 Å². The van der Waals surface area contributed by atoms with Crippen LogP contribution in [0.4, 0.5) is 5.69 Å². The zero-order valence-electron chi connectivity index (χ0n) is 21.6. The van der Waals surface area contributed by atoms with Gasteiger partial charge in [0.05, 0.1) is 11.0 Å². The molecule has 3 nitrogen and oxygen atoms in total. The molecule has 0 spiro atoms. The van der Waals surface area contributed by atoms with Gasteiger partial charge < -0.3 is 5.32 Å². The number of aromatic nitrogens is 2. The molecule has 5 aromatic carbocycles. The van der Waals surface area contributed by atoms with Crippen molar-refractivity contribution in [3.8, 4) is 22.3 Å². The molecule has 184 valence electrons. The SMILES string of the molecule is CC1(C)c2ccccc2-c2cc(NC3C(c4ccccc4)n4c5ccccc5n43)c(-c3ccccc3)cc21. The number of benzene rings is 5. The molecule has 3 heteroatoms. The number of fused-ring (bicyclic) bond motifs is 7. The number of hydrogen-bond acceptors (Lipinski definition) is 1. The van der Waals surface area contributed by atoms with Gasteiger partial charge in [0.25, 0.3) is 0 Å². The maximum Gasteiger partial charge on any atom is 0.146 e. The van der Waals surface area contributed by atoms with Crippen molar-refractivity contribution in [2.75, 3.05) is 5.32 Å². The van der Waals surface area contributed by atoms with Crippen LogP contribution in [0.15, 0.2) is 121 Å². The minimum absolute atomic E-state index is 0.0375. The monoisotopic (exact) mass is 491 g/mol. The lowest BCUT2D eigenvalue weighted by molar-refractivity contribution is 0.191. The molecule has 0 bridgehead atoms. The van der Waals surface area contributed by atoms with E-state index in [0.717, 1.165) is 0 Å². The first kappa shape index (κ1) is 21.6. The minimum atomic E-state index is -0.0375. The third-order valence-electron chi connectivity index (χ3n) is 8.68. The molecule has 6 aromatic rings. The highest BCUT2D eigenvalue weighted by molar-refractivity contribution is 5.90. The van der Waals surface area contributed by atoms with Crippen molar-refractivity contribution in [1.29, 1.82) is 0 Å². The molecule has 2 heterocycles. The first-order valence-corrected chi connectivity index (χ1v) is 13.5. The zero-order valence-corrected chi connectivity index (χ0v) is 21.6. The molecule has 1 aliphatic carbocycles. The van der Waals surface area contributed by atoms with Crippen LogP contribution in [0, 0.1) is 0 Å². The molecule has 2 aliphatic rings. The van der Waals surface area contributed by atoms with Crippen molar-refractivity contribution in [3.63, 3.8) is 0 Å². The number of nitrogens with zero attached hydrogens (tertiary/aromatic N) is 2. The second-order valence-electron chi connectivity index (χ2n) is 11.1. The number of anilines is 1. The molecule has 1 aliphatic heterocycles. The molecule has 2 atom stereocenters. The van der Waals surface area contributed by atoms with Crippen LogP contribution in [0.25, 0.3) is 33.3 Å². The minimum Gasteiger partial charge on any atom is -0.361 e. The average molecular weight is 492 g/mol. The molecule has 0 saturated heterocycles. The third kappa shape index (κ3) is 2.84. The summed E-state index contributed by atoms with van der Waals surface area (Å²) in [4.78, 5) is 0. The van der Waals surface area contributed by atoms with E-state index >= 15 is 0 Å². The molecule has 1 N–H and O–H groups in total. The summed E-state index contributed by atoms with van der Waals surface area (Å²) in [5.74, 6) is 0. The Kier molecular flexibility index (Phi) is 4.40. The normalized spacial score (nSPS) is 18.5. The maximum atomic E-state index is 4.04. The fourth-order valence-corrected chi connectivity index (χ4v) is 6.80. The van der Waals surface area contributed by atoms with E-state index < -0.39 is 0 Å². The zero-order chi connectivity index (χ0) is 25.4. The summed E-state index contributed by atoms with van der Waals surface area (Å²) in [5, 5.41) is 4.04. The molecule has 0 radical (unpaired) electrons. The molecule has 0 fully saturated rings. The lowest BCUT2D eigenvalue weighted by Crippen LogP contribution is -2.49.